The maximum absolute atomic E-state index is 12.7. The Morgan fingerprint density at radius 1 is 0.386 bits per heavy atom. The number of hydrogen-bond donors (Lipinski definition) is 16. The third-order valence-corrected chi connectivity index (χ3v) is 12.3. The van der Waals surface area contributed by atoms with Crippen LogP contribution in [0.5, 0.6) is 0 Å². The Hall–Kier alpha value is -3.45. The van der Waals surface area contributed by atoms with Gasteiger partial charge in [-0.05, 0) is 0 Å². The number of carbonyl (C=O) groups is 5. The molecule has 5 heterocycles. The number of aliphatic hydroxyl groups excluding tert-OH is 11. The van der Waals surface area contributed by atoms with Crippen molar-refractivity contribution in [3.8, 4) is 0 Å². The predicted octanol–water partition coefficient (Wildman–Crippen LogP) is -10.5. The van der Waals surface area contributed by atoms with E-state index in [0.717, 1.165) is 27.7 Å². The normalized spacial score (nSPS) is 43.3. The van der Waals surface area contributed by atoms with E-state index >= 15 is 0 Å². The summed E-state index contributed by atoms with van der Waals surface area (Å²) in [6.07, 6.45) is -32.1. The Kier molecular flexibility index (Phi) is 20.9. The second kappa shape index (κ2) is 25.5. The fourth-order valence-electron chi connectivity index (χ4n) is 9.01. The maximum atomic E-state index is 12.7. The molecule has 0 aromatic heterocycles. The van der Waals surface area contributed by atoms with Gasteiger partial charge >= 0.3 is 0 Å². The quantitative estimate of drug-likeness (QED) is 0.0606. The lowest BCUT2D eigenvalue weighted by atomic mass is 9.93. The van der Waals surface area contributed by atoms with Crippen LogP contribution in [0.15, 0.2) is 0 Å². The summed E-state index contributed by atoms with van der Waals surface area (Å²) in [6, 6.07) is -7.47. The largest absolute Gasteiger partial charge is 0.394 e. The van der Waals surface area contributed by atoms with Gasteiger partial charge in [0.1, 0.15) is 116 Å². The third kappa shape index (κ3) is 13.4. The number of amides is 5. The van der Waals surface area contributed by atoms with Crippen molar-refractivity contribution in [2.45, 2.75) is 182 Å². The van der Waals surface area contributed by atoms with Crippen LogP contribution in [0.4, 0.5) is 0 Å². The first-order valence-electron chi connectivity index (χ1n) is 22.4. The van der Waals surface area contributed by atoms with Crippen LogP contribution in [0.25, 0.3) is 0 Å². The average Bonchev–Trinajstić information content (AvgIpc) is 3.29. The molecule has 5 fully saturated rings. The van der Waals surface area contributed by atoms with Crippen molar-refractivity contribution < 1.29 is 123 Å². The van der Waals surface area contributed by atoms with E-state index in [1.54, 1.807) is 0 Å². The van der Waals surface area contributed by atoms with E-state index in [9.17, 15) is 80.1 Å². The van der Waals surface area contributed by atoms with Crippen molar-refractivity contribution in [2.75, 3.05) is 39.6 Å². The zero-order valence-electron chi connectivity index (χ0n) is 38.7. The molecule has 0 bridgehead atoms. The lowest BCUT2D eigenvalue weighted by Crippen LogP contribution is -2.72. The van der Waals surface area contributed by atoms with Crippen molar-refractivity contribution in [3.63, 3.8) is 0 Å². The molecule has 0 saturated carbocycles. The minimum absolute atomic E-state index is 0.219. The molecule has 5 amide bonds. The lowest BCUT2D eigenvalue weighted by molar-refractivity contribution is -0.365. The van der Waals surface area contributed by atoms with Crippen LogP contribution in [-0.2, 0) is 66.6 Å². The summed E-state index contributed by atoms with van der Waals surface area (Å²) in [5, 5.41) is 132. The van der Waals surface area contributed by atoms with Gasteiger partial charge in [-0.25, -0.2) is 0 Å². The predicted molar refractivity (Wildman–Crippen MR) is 223 cm³/mol. The highest BCUT2D eigenvalue weighted by atomic mass is 16.8. The van der Waals surface area contributed by atoms with E-state index < -0.39 is 209 Å². The molecule has 5 aliphatic heterocycles. The molecule has 0 unspecified atom stereocenters. The summed E-state index contributed by atoms with van der Waals surface area (Å²) >= 11 is 0. The molecule has 0 aliphatic carbocycles. The molecule has 5 rings (SSSR count). The van der Waals surface area contributed by atoms with Gasteiger partial charge < -0.3 is 125 Å². The maximum Gasteiger partial charge on any atom is 0.217 e. The Morgan fingerprint density at radius 2 is 0.657 bits per heavy atom. The van der Waals surface area contributed by atoms with Crippen LogP contribution in [0.1, 0.15) is 34.6 Å². The summed E-state index contributed by atoms with van der Waals surface area (Å²) < 4.78 is 53.3. The van der Waals surface area contributed by atoms with Gasteiger partial charge in [-0.2, -0.15) is 0 Å². The zero-order valence-corrected chi connectivity index (χ0v) is 38.7. The molecule has 5 aliphatic rings. The monoisotopic (exact) mass is 1020 g/mol. The number of ether oxygens (including phenoxy) is 9. The van der Waals surface area contributed by atoms with Crippen molar-refractivity contribution in [1.29, 1.82) is 0 Å². The van der Waals surface area contributed by atoms with Gasteiger partial charge in [-0.3, -0.25) is 24.0 Å². The molecule has 0 aromatic rings. The van der Waals surface area contributed by atoms with Crippen molar-refractivity contribution in [2.24, 2.45) is 0 Å². The minimum Gasteiger partial charge on any atom is -0.394 e. The molecular formula is C40H67N5O25. The second-order valence-corrected chi connectivity index (χ2v) is 17.5. The SMILES string of the molecule is CC(=O)N[C@H]1[C@H](O[C@H]2[C@H](O)[C@@H](NC(C)=O)[C@H](O[C@H]3[C@H](O)[C@@H](NC(C)=O)CO[C@@H]3CO)O[C@@H]2CO)O[C@H](CO)[C@@H](O[C@@H]2O[C@H](CO)[C@@H](O[C@@H]3O[C@H](CO)[C@@H](O)[C@H](O)[C@H]3NC(C)=O)[C@H](O)[C@H]2NC(C)=O)[C@@H]1O. The smallest absolute Gasteiger partial charge is 0.217 e. The van der Waals surface area contributed by atoms with Crippen molar-refractivity contribution in [3.05, 3.63) is 0 Å². The molecule has 402 valence electrons. The molecule has 30 heteroatoms. The van der Waals surface area contributed by atoms with Gasteiger partial charge in [0, 0.05) is 34.6 Å². The molecule has 0 aromatic carbocycles. The first kappa shape index (κ1) is 57.5. The van der Waals surface area contributed by atoms with E-state index in [0.29, 0.717) is 0 Å². The van der Waals surface area contributed by atoms with E-state index in [2.05, 4.69) is 26.6 Å². The Morgan fingerprint density at radius 3 is 0.943 bits per heavy atom. The molecule has 24 atom stereocenters. The molecular weight excluding hydrogens is 950 g/mol. The fourth-order valence-corrected chi connectivity index (χ4v) is 9.01. The van der Waals surface area contributed by atoms with E-state index in [1.165, 1.54) is 6.92 Å². The highest BCUT2D eigenvalue weighted by Gasteiger charge is 2.57. The molecule has 0 spiro atoms. The molecule has 70 heavy (non-hydrogen) atoms. The van der Waals surface area contributed by atoms with Gasteiger partial charge in [0.25, 0.3) is 0 Å². The Bertz CT molecular complexity index is 1760. The topological polar surface area (TPSA) is 451 Å². The number of aliphatic hydroxyl groups is 11. The van der Waals surface area contributed by atoms with E-state index in [4.69, 9.17) is 42.6 Å². The van der Waals surface area contributed by atoms with Crippen molar-refractivity contribution in [1.82, 2.24) is 26.6 Å². The first-order valence-corrected chi connectivity index (χ1v) is 22.4. The molecule has 30 nitrogen and oxygen atoms in total. The minimum atomic E-state index is -1.98. The highest BCUT2D eigenvalue weighted by Crippen LogP contribution is 2.35. The van der Waals surface area contributed by atoms with Gasteiger partial charge in [0.2, 0.25) is 29.5 Å². The number of hydrogen-bond acceptors (Lipinski definition) is 25. The Balaban J connectivity index is 1.39. The molecule has 0 radical (unpaired) electrons. The highest BCUT2D eigenvalue weighted by molar-refractivity contribution is 5.75. The van der Waals surface area contributed by atoms with Crippen LogP contribution in [-0.4, -0.2) is 272 Å². The zero-order chi connectivity index (χ0) is 51.9. The van der Waals surface area contributed by atoms with E-state index in [-0.39, 0.29) is 6.61 Å². The summed E-state index contributed by atoms with van der Waals surface area (Å²) in [6.45, 7) is 0.874. The van der Waals surface area contributed by atoms with E-state index in [1.807, 2.05) is 0 Å². The van der Waals surface area contributed by atoms with Gasteiger partial charge in [0.15, 0.2) is 25.2 Å². The average molecular weight is 1020 g/mol. The van der Waals surface area contributed by atoms with Crippen LogP contribution in [0.2, 0.25) is 0 Å². The van der Waals surface area contributed by atoms with Gasteiger partial charge in [-0.15, -0.1) is 0 Å². The number of nitrogens with one attached hydrogen (secondary N) is 5. The van der Waals surface area contributed by atoms with Crippen LogP contribution in [0, 0.1) is 0 Å². The third-order valence-electron chi connectivity index (χ3n) is 12.3. The number of carbonyl (C=O) groups excluding carboxylic acids is 5. The summed E-state index contributed by atoms with van der Waals surface area (Å²) in [7, 11) is 0. The van der Waals surface area contributed by atoms with Crippen LogP contribution < -0.4 is 26.6 Å². The fraction of sp³-hybridized carbons (Fsp3) is 0.875. The van der Waals surface area contributed by atoms with Crippen LogP contribution in [0.3, 0.4) is 0 Å². The number of rotatable bonds is 18. The van der Waals surface area contributed by atoms with Crippen molar-refractivity contribution >= 4 is 29.5 Å². The first-order chi connectivity index (χ1) is 33.1. The molecule has 5 saturated heterocycles. The second-order valence-electron chi connectivity index (χ2n) is 17.5. The van der Waals surface area contributed by atoms with Gasteiger partial charge in [0.05, 0.1) is 45.7 Å². The van der Waals surface area contributed by atoms with Gasteiger partial charge in [-0.1, -0.05) is 0 Å². The molecule has 16 N–H and O–H groups in total. The summed E-state index contributed by atoms with van der Waals surface area (Å²) in [4.78, 5) is 61.6. The van der Waals surface area contributed by atoms with Crippen LogP contribution >= 0.6 is 0 Å². The Labute approximate surface area is 399 Å². The summed E-state index contributed by atoms with van der Waals surface area (Å²) in [5.41, 5.74) is 0. The standard InChI is InChI=1S/C40H67N5O25/c1-12(51)41-17-11-62-19(7-47)33(27(17)56)67-38-24(43-14(3)53)30(59)35(21(9-49)64-38)69-40-26(45-16(5)55)32(61)36(22(10-50)66-40)70-39-25(44-15(4)54)31(60)34(20(8-48)65-39)68-37-23(42-13(2)52)29(58)28(57)18(6-46)63-37/h17-40,46-50,56-61H,6-11H2,1-5H3,(H,41,51)(H,42,52)(H,43,53)(H,44,54)(H,45,55)/t17-,18+,19+,20+,21+,22+,23+,24+,25+,26+,27+,28+,29+,30+,31+,32+,33+,34+,35+,36+,37-,38-,39-,40-/m0/s1. The lowest BCUT2D eigenvalue weighted by Gasteiger charge is -2.51. The summed E-state index contributed by atoms with van der Waals surface area (Å²) in [5.74, 6) is -3.54.